The molecule has 0 radical (unpaired) electrons. The molecule has 0 heterocycles. The molecule has 1 N–H and O–H groups in total. The number of nitrogens with one attached hydrogen (secondary N) is 1. The predicted octanol–water partition coefficient (Wildman–Crippen LogP) is 4.56. The average Bonchev–Trinajstić information content (AvgIpc) is 2.25. The lowest BCUT2D eigenvalue weighted by Crippen LogP contribution is -2.29. The largest absolute Gasteiger partial charge is 0.316 e. The van der Waals surface area contributed by atoms with Crippen molar-refractivity contribution < 1.29 is 0 Å². The third-order valence-electron chi connectivity index (χ3n) is 2.94. The van der Waals surface area contributed by atoms with Crippen molar-refractivity contribution in [3.8, 4) is 0 Å². The van der Waals surface area contributed by atoms with Crippen molar-refractivity contribution in [3.05, 3.63) is 33.8 Å². The molecule has 96 valence electrons. The fourth-order valence-electron chi connectivity index (χ4n) is 1.75. The van der Waals surface area contributed by atoms with Gasteiger partial charge in [-0.1, -0.05) is 50.0 Å². The monoisotopic (exact) mass is 273 g/mol. The molecule has 1 rings (SSSR count). The van der Waals surface area contributed by atoms with Crippen LogP contribution >= 0.6 is 23.2 Å². The summed E-state index contributed by atoms with van der Waals surface area (Å²) in [5, 5.41) is 4.87. The van der Waals surface area contributed by atoms with Gasteiger partial charge in [-0.15, -0.1) is 0 Å². The first-order valence-electron chi connectivity index (χ1n) is 6.09. The first kappa shape index (κ1) is 14.8. The van der Waals surface area contributed by atoms with Gasteiger partial charge in [-0.25, -0.2) is 0 Å². The van der Waals surface area contributed by atoms with Crippen LogP contribution in [0.25, 0.3) is 0 Å². The molecule has 1 nitrogen and oxygen atoms in total. The second-order valence-corrected chi connectivity index (χ2v) is 6.02. The third kappa shape index (κ3) is 5.29. The highest BCUT2D eigenvalue weighted by Crippen LogP contribution is 2.27. The predicted molar refractivity (Wildman–Crippen MR) is 77.1 cm³/mol. The van der Waals surface area contributed by atoms with Gasteiger partial charge in [0.05, 0.1) is 0 Å². The lowest BCUT2D eigenvalue weighted by atomic mass is 9.86. The second kappa shape index (κ2) is 6.63. The van der Waals surface area contributed by atoms with Crippen LogP contribution in [0.3, 0.4) is 0 Å². The van der Waals surface area contributed by atoms with E-state index in [9.17, 15) is 0 Å². The Morgan fingerprint density at radius 1 is 1.24 bits per heavy atom. The van der Waals surface area contributed by atoms with Crippen LogP contribution in [0.2, 0.25) is 10.0 Å². The first-order chi connectivity index (χ1) is 7.94. The van der Waals surface area contributed by atoms with Crippen LogP contribution in [0.1, 0.15) is 32.8 Å². The molecule has 0 aromatic heterocycles. The SMILES string of the molecule is CCNCC(C)(C)CCc1ccc(Cl)cc1Cl. The van der Waals surface area contributed by atoms with Gasteiger partial charge in [0, 0.05) is 16.6 Å². The van der Waals surface area contributed by atoms with E-state index in [1.165, 1.54) is 5.56 Å². The van der Waals surface area contributed by atoms with Crippen LogP contribution < -0.4 is 5.32 Å². The minimum absolute atomic E-state index is 0.291. The molecule has 0 bridgehead atoms. The molecule has 0 aliphatic rings. The third-order valence-corrected chi connectivity index (χ3v) is 3.53. The van der Waals surface area contributed by atoms with Crippen molar-refractivity contribution in [2.75, 3.05) is 13.1 Å². The maximum Gasteiger partial charge on any atom is 0.0452 e. The lowest BCUT2D eigenvalue weighted by molar-refractivity contribution is 0.318. The van der Waals surface area contributed by atoms with E-state index in [1.54, 1.807) is 0 Å². The van der Waals surface area contributed by atoms with Crippen LogP contribution in [0.4, 0.5) is 0 Å². The zero-order chi connectivity index (χ0) is 12.9. The van der Waals surface area contributed by atoms with Gasteiger partial charge in [0.2, 0.25) is 0 Å². The summed E-state index contributed by atoms with van der Waals surface area (Å²) >= 11 is 12.0. The highest BCUT2D eigenvalue weighted by atomic mass is 35.5. The maximum atomic E-state index is 6.16. The molecule has 0 unspecified atom stereocenters. The summed E-state index contributed by atoms with van der Waals surface area (Å²) in [4.78, 5) is 0. The number of halogens is 2. The highest BCUT2D eigenvalue weighted by molar-refractivity contribution is 6.35. The van der Waals surface area contributed by atoms with Crippen molar-refractivity contribution in [3.63, 3.8) is 0 Å². The lowest BCUT2D eigenvalue weighted by Gasteiger charge is -2.25. The molecular weight excluding hydrogens is 253 g/mol. The van der Waals surface area contributed by atoms with E-state index in [0.29, 0.717) is 10.4 Å². The molecule has 0 saturated heterocycles. The fraction of sp³-hybridized carbons (Fsp3) is 0.571. The topological polar surface area (TPSA) is 12.0 Å². The van der Waals surface area contributed by atoms with Crippen LogP contribution in [0, 0.1) is 5.41 Å². The van der Waals surface area contributed by atoms with Gasteiger partial charge in [-0.2, -0.15) is 0 Å². The Bertz CT molecular complexity index is 361. The van der Waals surface area contributed by atoms with E-state index in [-0.39, 0.29) is 0 Å². The van der Waals surface area contributed by atoms with E-state index in [4.69, 9.17) is 23.2 Å². The molecule has 0 spiro atoms. The molecule has 0 atom stereocenters. The van der Waals surface area contributed by atoms with Crippen LogP contribution in [-0.4, -0.2) is 13.1 Å². The van der Waals surface area contributed by atoms with E-state index in [2.05, 4.69) is 26.1 Å². The normalized spacial score (nSPS) is 11.8. The van der Waals surface area contributed by atoms with Gasteiger partial charge in [-0.05, 0) is 42.5 Å². The molecule has 0 fully saturated rings. The van der Waals surface area contributed by atoms with Crippen LogP contribution in [0.15, 0.2) is 18.2 Å². The number of hydrogen-bond acceptors (Lipinski definition) is 1. The Morgan fingerprint density at radius 3 is 2.53 bits per heavy atom. The number of benzene rings is 1. The Kier molecular flexibility index (Phi) is 5.78. The summed E-state index contributed by atoms with van der Waals surface area (Å²) in [6.07, 6.45) is 2.11. The van der Waals surface area contributed by atoms with E-state index in [1.807, 2.05) is 18.2 Å². The van der Waals surface area contributed by atoms with Gasteiger partial charge in [-0.3, -0.25) is 0 Å². The summed E-state index contributed by atoms with van der Waals surface area (Å²) in [7, 11) is 0. The molecule has 17 heavy (non-hydrogen) atoms. The number of rotatable bonds is 6. The fourth-order valence-corrected chi connectivity index (χ4v) is 2.25. The highest BCUT2D eigenvalue weighted by Gasteiger charge is 2.17. The zero-order valence-electron chi connectivity index (χ0n) is 10.8. The summed E-state index contributed by atoms with van der Waals surface area (Å²) in [5.41, 5.74) is 1.47. The molecule has 3 heteroatoms. The van der Waals surface area contributed by atoms with Crippen molar-refractivity contribution in [2.45, 2.75) is 33.6 Å². The first-order valence-corrected chi connectivity index (χ1v) is 6.85. The van der Waals surface area contributed by atoms with Crippen LogP contribution in [0.5, 0.6) is 0 Å². The van der Waals surface area contributed by atoms with Gasteiger partial charge >= 0.3 is 0 Å². The van der Waals surface area contributed by atoms with E-state index in [0.717, 1.165) is 31.0 Å². The quantitative estimate of drug-likeness (QED) is 0.801. The zero-order valence-corrected chi connectivity index (χ0v) is 12.3. The molecule has 0 aliphatic heterocycles. The molecule has 0 amide bonds. The Hall–Kier alpha value is -0.240. The van der Waals surface area contributed by atoms with Crippen molar-refractivity contribution in [1.29, 1.82) is 0 Å². The van der Waals surface area contributed by atoms with Gasteiger partial charge in [0.25, 0.3) is 0 Å². The summed E-state index contributed by atoms with van der Waals surface area (Å²) in [6, 6.07) is 5.74. The minimum atomic E-state index is 0.291. The van der Waals surface area contributed by atoms with Crippen molar-refractivity contribution >= 4 is 23.2 Å². The molecule has 0 saturated carbocycles. The average molecular weight is 274 g/mol. The number of hydrogen-bond donors (Lipinski definition) is 1. The second-order valence-electron chi connectivity index (χ2n) is 5.18. The van der Waals surface area contributed by atoms with Gasteiger partial charge < -0.3 is 5.32 Å². The molecule has 1 aromatic rings. The van der Waals surface area contributed by atoms with Crippen molar-refractivity contribution in [2.24, 2.45) is 5.41 Å². The Morgan fingerprint density at radius 2 is 1.94 bits per heavy atom. The Balaban J connectivity index is 2.54. The maximum absolute atomic E-state index is 6.16. The number of aryl methyl sites for hydroxylation is 1. The summed E-state index contributed by atoms with van der Waals surface area (Å²) < 4.78 is 0. The van der Waals surface area contributed by atoms with E-state index >= 15 is 0 Å². The molecular formula is C14H21Cl2N. The Labute approximate surface area is 115 Å². The standard InChI is InChI=1S/C14H21Cl2N/c1-4-17-10-14(2,3)8-7-11-5-6-12(15)9-13(11)16/h5-6,9,17H,4,7-8,10H2,1-3H3. The smallest absolute Gasteiger partial charge is 0.0452 e. The van der Waals surface area contributed by atoms with Crippen LogP contribution in [-0.2, 0) is 6.42 Å². The van der Waals surface area contributed by atoms with Gasteiger partial charge in [0.1, 0.15) is 0 Å². The van der Waals surface area contributed by atoms with E-state index < -0.39 is 0 Å². The van der Waals surface area contributed by atoms with Gasteiger partial charge in [0.15, 0.2) is 0 Å². The molecule has 1 aromatic carbocycles. The summed E-state index contributed by atoms with van der Waals surface area (Å²) in [6.45, 7) is 8.74. The summed E-state index contributed by atoms with van der Waals surface area (Å²) in [5.74, 6) is 0. The van der Waals surface area contributed by atoms with Crippen molar-refractivity contribution in [1.82, 2.24) is 5.32 Å². The minimum Gasteiger partial charge on any atom is -0.316 e. The molecule has 0 aliphatic carbocycles.